The van der Waals surface area contributed by atoms with Crippen molar-refractivity contribution in [3.8, 4) is 5.69 Å². The van der Waals surface area contributed by atoms with Gasteiger partial charge in [0.05, 0.1) is 26.9 Å². The van der Waals surface area contributed by atoms with E-state index in [4.69, 9.17) is 16.7 Å². The molecule has 1 aromatic heterocycles. The number of rotatable bonds is 4. The molecule has 1 aliphatic heterocycles. The molecule has 3 aromatic rings. The summed E-state index contributed by atoms with van der Waals surface area (Å²) >= 11 is 7.87. The average Bonchev–Trinajstić information content (AvgIpc) is 3.24. The number of aromatic nitrogens is 2. The predicted octanol–water partition coefficient (Wildman–Crippen LogP) is 5.05. The van der Waals surface area contributed by atoms with Crippen LogP contribution < -0.4 is 5.32 Å². The predicted molar refractivity (Wildman–Crippen MR) is 114 cm³/mol. The summed E-state index contributed by atoms with van der Waals surface area (Å²) in [6.07, 6.45) is 0. The number of hydrogen-bond acceptors (Lipinski definition) is 5. The first-order valence-electron chi connectivity index (χ1n) is 8.86. The number of nitro groups is 1. The van der Waals surface area contributed by atoms with E-state index in [-0.39, 0.29) is 16.3 Å². The van der Waals surface area contributed by atoms with Crippen LogP contribution in [0.4, 0.5) is 11.5 Å². The van der Waals surface area contributed by atoms with E-state index in [1.807, 2.05) is 26.0 Å². The second-order valence-electron chi connectivity index (χ2n) is 6.84. The molecule has 0 aliphatic carbocycles. The molecule has 0 atom stereocenters. The number of fused-ring (bicyclic) bond motifs is 1. The highest BCUT2D eigenvalue weighted by molar-refractivity contribution is 7.98. The highest BCUT2D eigenvalue weighted by Gasteiger charge is 2.26. The van der Waals surface area contributed by atoms with Gasteiger partial charge in [-0.15, -0.1) is 0 Å². The zero-order valence-electron chi connectivity index (χ0n) is 15.7. The smallest absolute Gasteiger partial charge is 0.270 e. The molecule has 0 radical (unpaired) electrons. The zero-order chi connectivity index (χ0) is 20.7. The van der Waals surface area contributed by atoms with Gasteiger partial charge in [-0.05, 0) is 31.5 Å². The molecule has 1 amide bonds. The summed E-state index contributed by atoms with van der Waals surface area (Å²) in [5, 5.41) is 18.8. The molecule has 0 saturated heterocycles. The van der Waals surface area contributed by atoms with Gasteiger partial charge in [-0.3, -0.25) is 14.9 Å². The number of halogens is 1. The molecule has 9 heteroatoms. The van der Waals surface area contributed by atoms with Gasteiger partial charge in [-0.1, -0.05) is 29.3 Å². The van der Waals surface area contributed by atoms with Gasteiger partial charge >= 0.3 is 0 Å². The lowest BCUT2D eigenvalue weighted by Crippen LogP contribution is -2.17. The first-order valence-corrected chi connectivity index (χ1v) is 10.4. The van der Waals surface area contributed by atoms with Crippen molar-refractivity contribution in [3.05, 3.63) is 79.5 Å². The molecule has 1 aliphatic rings. The van der Waals surface area contributed by atoms with Crippen molar-refractivity contribution in [1.82, 2.24) is 9.78 Å². The van der Waals surface area contributed by atoms with Crippen LogP contribution in [0.1, 0.15) is 32.7 Å². The molecule has 2 heterocycles. The van der Waals surface area contributed by atoms with E-state index >= 15 is 0 Å². The van der Waals surface area contributed by atoms with Crippen molar-refractivity contribution < 1.29 is 9.72 Å². The maximum absolute atomic E-state index is 13.0. The summed E-state index contributed by atoms with van der Waals surface area (Å²) in [6, 6.07) is 9.83. The number of nitro benzene ring substituents is 1. The fourth-order valence-electron chi connectivity index (χ4n) is 3.33. The number of nitrogens with zero attached hydrogens (tertiary/aromatic N) is 3. The summed E-state index contributed by atoms with van der Waals surface area (Å²) in [5.41, 5.74) is 4.78. The topological polar surface area (TPSA) is 90.1 Å². The second kappa shape index (κ2) is 7.53. The fourth-order valence-corrected chi connectivity index (χ4v) is 4.57. The fraction of sp³-hybridized carbons (Fsp3) is 0.200. The van der Waals surface area contributed by atoms with Gasteiger partial charge < -0.3 is 5.32 Å². The minimum atomic E-state index is -0.554. The number of carbonyl (C=O) groups is 1. The number of hydrogen-bond donors (Lipinski definition) is 1. The average molecular weight is 429 g/mol. The summed E-state index contributed by atoms with van der Waals surface area (Å²) in [6.45, 7) is 4.01. The maximum Gasteiger partial charge on any atom is 0.270 e. The minimum Gasteiger partial charge on any atom is -0.306 e. The highest BCUT2D eigenvalue weighted by Crippen LogP contribution is 2.37. The summed E-state index contributed by atoms with van der Waals surface area (Å²) in [7, 11) is 0. The Hall–Kier alpha value is -2.84. The number of benzene rings is 2. The van der Waals surface area contributed by atoms with E-state index < -0.39 is 10.8 Å². The maximum atomic E-state index is 13.0. The van der Waals surface area contributed by atoms with Crippen LogP contribution >= 0.6 is 23.4 Å². The van der Waals surface area contributed by atoms with Gasteiger partial charge in [-0.2, -0.15) is 16.9 Å². The second-order valence-corrected chi connectivity index (χ2v) is 8.24. The van der Waals surface area contributed by atoms with E-state index in [1.54, 1.807) is 16.4 Å². The third-order valence-corrected chi connectivity index (χ3v) is 6.07. The van der Waals surface area contributed by atoms with Gasteiger partial charge in [0, 0.05) is 29.2 Å². The largest absolute Gasteiger partial charge is 0.306 e. The van der Waals surface area contributed by atoms with Crippen LogP contribution in [0.2, 0.25) is 5.02 Å². The standard InChI is InChI=1S/C20H17ClN4O3S/c1-11-3-6-18(12(2)7-11)24-19(15-9-29-10-17(15)23-24)22-20(26)14-8-13(25(27)28)4-5-16(14)21/h3-8H,9-10H2,1-2H3,(H,22,26). The number of aryl methyl sites for hydroxylation is 2. The van der Waals surface area contributed by atoms with Crippen LogP contribution in [0.3, 0.4) is 0 Å². The summed E-state index contributed by atoms with van der Waals surface area (Å²) < 4.78 is 1.74. The van der Waals surface area contributed by atoms with E-state index in [0.717, 1.165) is 39.6 Å². The third kappa shape index (κ3) is 3.61. The Kier molecular flexibility index (Phi) is 5.06. The molecular formula is C20H17ClN4O3S. The van der Waals surface area contributed by atoms with E-state index in [0.29, 0.717) is 5.82 Å². The number of non-ortho nitro benzene ring substituents is 1. The highest BCUT2D eigenvalue weighted by atomic mass is 35.5. The molecule has 0 saturated carbocycles. The number of thioether (sulfide) groups is 1. The van der Waals surface area contributed by atoms with Gasteiger partial charge in [0.2, 0.25) is 0 Å². The number of carbonyl (C=O) groups excluding carboxylic acids is 1. The van der Waals surface area contributed by atoms with Crippen LogP contribution in [-0.4, -0.2) is 20.6 Å². The van der Waals surface area contributed by atoms with Crippen LogP contribution in [0, 0.1) is 24.0 Å². The molecule has 0 unspecified atom stereocenters. The molecule has 7 nitrogen and oxygen atoms in total. The molecule has 0 bridgehead atoms. The summed E-state index contributed by atoms with van der Waals surface area (Å²) in [5.74, 6) is 1.57. The van der Waals surface area contributed by atoms with Crippen LogP contribution in [0.5, 0.6) is 0 Å². The van der Waals surface area contributed by atoms with Gasteiger partial charge in [0.1, 0.15) is 5.82 Å². The SMILES string of the molecule is Cc1ccc(-n2nc3c(c2NC(=O)c2cc([N+](=O)[O-])ccc2Cl)CSC3)c(C)c1. The molecule has 0 spiro atoms. The molecule has 29 heavy (non-hydrogen) atoms. The van der Waals surface area contributed by atoms with E-state index in [2.05, 4.69) is 11.4 Å². The van der Waals surface area contributed by atoms with Gasteiger partial charge in [0.25, 0.3) is 11.6 Å². The lowest BCUT2D eigenvalue weighted by Gasteiger charge is -2.14. The monoisotopic (exact) mass is 428 g/mol. The third-order valence-electron chi connectivity index (χ3n) is 4.77. The summed E-state index contributed by atoms with van der Waals surface area (Å²) in [4.78, 5) is 23.5. The molecule has 1 N–H and O–H groups in total. The molecule has 4 rings (SSSR count). The Labute approximate surface area is 176 Å². The lowest BCUT2D eigenvalue weighted by atomic mass is 10.1. The van der Waals surface area contributed by atoms with Crippen LogP contribution in [0.25, 0.3) is 5.69 Å². The van der Waals surface area contributed by atoms with Crippen molar-refractivity contribution >= 4 is 40.8 Å². The van der Waals surface area contributed by atoms with Crippen molar-refractivity contribution in [2.24, 2.45) is 0 Å². The number of amides is 1. The first-order chi connectivity index (χ1) is 13.8. The van der Waals surface area contributed by atoms with E-state index in [9.17, 15) is 14.9 Å². The number of anilines is 1. The molecule has 148 valence electrons. The van der Waals surface area contributed by atoms with Gasteiger partial charge in [0.15, 0.2) is 0 Å². The molecule has 0 fully saturated rings. The Balaban J connectivity index is 1.77. The normalized spacial score (nSPS) is 12.7. The molecular weight excluding hydrogens is 412 g/mol. The van der Waals surface area contributed by atoms with Gasteiger partial charge in [-0.25, -0.2) is 4.68 Å². The van der Waals surface area contributed by atoms with Crippen LogP contribution in [0.15, 0.2) is 36.4 Å². The van der Waals surface area contributed by atoms with Crippen molar-refractivity contribution in [1.29, 1.82) is 0 Å². The minimum absolute atomic E-state index is 0.0497. The Morgan fingerprint density at radius 1 is 1.24 bits per heavy atom. The van der Waals surface area contributed by atoms with Crippen molar-refractivity contribution in [3.63, 3.8) is 0 Å². The Morgan fingerprint density at radius 3 is 2.76 bits per heavy atom. The first kappa shape index (κ1) is 19.5. The van der Waals surface area contributed by atoms with Crippen molar-refractivity contribution in [2.75, 3.05) is 5.32 Å². The zero-order valence-corrected chi connectivity index (χ0v) is 17.3. The lowest BCUT2D eigenvalue weighted by molar-refractivity contribution is -0.384. The quantitative estimate of drug-likeness (QED) is 0.464. The van der Waals surface area contributed by atoms with E-state index in [1.165, 1.54) is 18.2 Å². The van der Waals surface area contributed by atoms with Crippen LogP contribution in [-0.2, 0) is 11.5 Å². The Morgan fingerprint density at radius 2 is 2.03 bits per heavy atom. The molecule has 2 aromatic carbocycles. The Bertz CT molecular complexity index is 1160. The number of nitrogens with one attached hydrogen (secondary N) is 1. The van der Waals surface area contributed by atoms with Crippen molar-refractivity contribution in [2.45, 2.75) is 25.4 Å².